The molecule has 2 aromatic heterocycles. The Kier molecular flexibility index (Phi) is 4.47. The third kappa shape index (κ3) is 2.99. The van der Waals surface area contributed by atoms with Gasteiger partial charge in [0.25, 0.3) is 5.91 Å². The van der Waals surface area contributed by atoms with E-state index in [1.54, 1.807) is 19.6 Å². The fourth-order valence-corrected chi connectivity index (χ4v) is 7.66. The van der Waals surface area contributed by atoms with Crippen LogP contribution in [-0.4, -0.2) is 39.7 Å². The van der Waals surface area contributed by atoms with Crippen molar-refractivity contribution < 1.29 is 19.1 Å². The second-order valence-electron chi connectivity index (χ2n) is 9.38. The molecule has 164 valence electrons. The minimum Gasteiger partial charge on any atom is -0.465 e. The van der Waals surface area contributed by atoms with Crippen LogP contribution >= 0.6 is 11.3 Å². The van der Waals surface area contributed by atoms with Gasteiger partial charge in [0.05, 0.1) is 28.5 Å². The van der Waals surface area contributed by atoms with E-state index in [2.05, 4.69) is 15.4 Å². The SMILES string of the molecule is COC(=O)c1c(NC(=O)C23C[C@H]4C[C@@H](C2)CC(n2cncn2)(C4)C3)sc(C(N)=O)c1C. The van der Waals surface area contributed by atoms with Crippen molar-refractivity contribution in [2.75, 3.05) is 12.4 Å². The van der Waals surface area contributed by atoms with E-state index >= 15 is 0 Å². The molecule has 2 aromatic rings. The summed E-state index contributed by atoms with van der Waals surface area (Å²) in [5.41, 5.74) is 5.39. The van der Waals surface area contributed by atoms with E-state index in [4.69, 9.17) is 10.5 Å². The van der Waals surface area contributed by atoms with Gasteiger partial charge in [0.1, 0.15) is 17.7 Å². The lowest BCUT2D eigenvalue weighted by Gasteiger charge is -2.60. The second-order valence-corrected chi connectivity index (χ2v) is 10.4. The van der Waals surface area contributed by atoms with Crippen LogP contribution in [0.25, 0.3) is 0 Å². The first-order chi connectivity index (χ1) is 14.8. The third-order valence-corrected chi connectivity index (χ3v) is 8.63. The molecule has 4 aliphatic rings. The molecule has 0 spiro atoms. The summed E-state index contributed by atoms with van der Waals surface area (Å²) in [5, 5.41) is 7.74. The zero-order chi connectivity index (χ0) is 22.0. The molecule has 9 nitrogen and oxygen atoms in total. The molecule has 0 radical (unpaired) electrons. The molecule has 3 N–H and O–H groups in total. The van der Waals surface area contributed by atoms with Crippen molar-refractivity contribution in [1.29, 1.82) is 0 Å². The van der Waals surface area contributed by atoms with Gasteiger partial charge >= 0.3 is 5.97 Å². The van der Waals surface area contributed by atoms with Gasteiger partial charge in [-0.15, -0.1) is 11.3 Å². The van der Waals surface area contributed by atoms with Crippen LogP contribution in [0.4, 0.5) is 5.00 Å². The van der Waals surface area contributed by atoms with E-state index in [1.165, 1.54) is 7.11 Å². The molecule has 4 saturated carbocycles. The smallest absolute Gasteiger partial charge is 0.341 e. The molecule has 2 unspecified atom stereocenters. The van der Waals surface area contributed by atoms with Gasteiger partial charge in [0.15, 0.2) is 0 Å². The van der Waals surface area contributed by atoms with Gasteiger partial charge in [-0.25, -0.2) is 14.5 Å². The van der Waals surface area contributed by atoms with E-state index < -0.39 is 17.3 Å². The average Bonchev–Trinajstić information content (AvgIpc) is 3.35. The highest BCUT2D eigenvalue weighted by Crippen LogP contribution is 2.64. The Balaban J connectivity index is 1.50. The third-order valence-electron chi connectivity index (χ3n) is 7.40. The Morgan fingerprint density at radius 2 is 1.97 bits per heavy atom. The number of esters is 1. The quantitative estimate of drug-likeness (QED) is 0.683. The number of primary amides is 1. The summed E-state index contributed by atoms with van der Waals surface area (Å²) in [5.74, 6) is -0.409. The zero-order valence-electron chi connectivity index (χ0n) is 17.5. The molecule has 4 fully saturated rings. The highest BCUT2D eigenvalue weighted by Gasteiger charge is 2.61. The molecular formula is C21H25N5O4S. The molecule has 0 aromatic carbocycles. The number of amides is 2. The lowest BCUT2D eigenvalue weighted by molar-refractivity contribution is -0.150. The zero-order valence-corrected chi connectivity index (χ0v) is 18.3. The predicted octanol–water partition coefficient (Wildman–Crippen LogP) is 2.47. The molecule has 2 heterocycles. The monoisotopic (exact) mass is 443 g/mol. The number of nitrogens with one attached hydrogen (secondary N) is 1. The topological polar surface area (TPSA) is 129 Å². The number of ether oxygens (including phenoxy) is 1. The number of methoxy groups -OCH3 is 1. The van der Waals surface area contributed by atoms with Crippen LogP contribution in [-0.2, 0) is 15.1 Å². The number of nitrogens with two attached hydrogens (primary N) is 1. The number of carbonyl (C=O) groups excluding carboxylic acids is 3. The summed E-state index contributed by atoms with van der Waals surface area (Å²) in [4.78, 5) is 42.3. The van der Waals surface area contributed by atoms with Crippen LogP contribution in [0.15, 0.2) is 12.7 Å². The number of aromatic nitrogens is 3. The summed E-state index contributed by atoms with van der Waals surface area (Å²) >= 11 is 1.03. The average molecular weight is 444 g/mol. The van der Waals surface area contributed by atoms with Crippen molar-refractivity contribution in [2.45, 2.75) is 51.0 Å². The second kappa shape index (κ2) is 6.88. The van der Waals surface area contributed by atoms with E-state index in [0.29, 0.717) is 28.8 Å². The number of hydrogen-bond donors (Lipinski definition) is 2. The number of nitrogens with zero attached hydrogens (tertiary/aromatic N) is 3. The molecule has 10 heteroatoms. The fourth-order valence-electron chi connectivity index (χ4n) is 6.62. The van der Waals surface area contributed by atoms with E-state index in [0.717, 1.165) is 43.4 Å². The molecule has 4 aliphatic carbocycles. The number of rotatable bonds is 5. The van der Waals surface area contributed by atoms with Crippen LogP contribution in [0.3, 0.4) is 0 Å². The van der Waals surface area contributed by atoms with Crippen molar-refractivity contribution in [2.24, 2.45) is 23.0 Å². The minimum atomic E-state index is -0.631. The first-order valence-corrected chi connectivity index (χ1v) is 11.3. The van der Waals surface area contributed by atoms with Crippen molar-refractivity contribution in [3.63, 3.8) is 0 Å². The van der Waals surface area contributed by atoms with Gasteiger partial charge in [0.2, 0.25) is 5.91 Å². The Morgan fingerprint density at radius 1 is 1.26 bits per heavy atom. The van der Waals surface area contributed by atoms with Gasteiger partial charge in [-0.3, -0.25) is 9.59 Å². The summed E-state index contributed by atoms with van der Waals surface area (Å²) < 4.78 is 6.84. The lowest BCUT2D eigenvalue weighted by Crippen LogP contribution is -2.60. The van der Waals surface area contributed by atoms with Crippen molar-refractivity contribution in [1.82, 2.24) is 14.8 Å². The maximum atomic E-state index is 13.7. The van der Waals surface area contributed by atoms with Crippen LogP contribution in [0.2, 0.25) is 0 Å². The number of thiophene rings is 1. The predicted molar refractivity (Wildman–Crippen MR) is 113 cm³/mol. The Hall–Kier alpha value is -2.75. The normalized spacial score (nSPS) is 30.9. The van der Waals surface area contributed by atoms with Crippen molar-refractivity contribution >= 4 is 34.1 Å². The molecule has 6 rings (SSSR count). The van der Waals surface area contributed by atoms with Gasteiger partial charge in [-0.2, -0.15) is 5.10 Å². The number of anilines is 1. The molecule has 4 atom stereocenters. The molecule has 2 amide bonds. The molecule has 0 saturated heterocycles. The van der Waals surface area contributed by atoms with Crippen LogP contribution in [0.1, 0.15) is 64.1 Å². The summed E-state index contributed by atoms with van der Waals surface area (Å²) in [6.07, 6.45) is 8.83. The molecular weight excluding hydrogens is 418 g/mol. The molecule has 31 heavy (non-hydrogen) atoms. The van der Waals surface area contributed by atoms with Crippen molar-refractivity contribution in [3.05, 3.63) is 28.7 Å². The number of carbonyl (C=O) groups is 3. The standard InChI is InChI=1S/C21H25N5O4S/c1-11-14(18(28)30-2)17(31-15(11)16(22)27)25-19(29)20-4-12-3-13(5-20)7-21(6-12,8-20)26-10-23-9-24-26/h9-10,12-13H,3-8H2,1-2H3,(H2,22,27)(H,25,29)/t12-,13+,20?,21?. The first kappa shape index (κ1) is 20.2. The van der Waals surface area contributed by atoms with Gasteiger partial charge in [-0.1, -0.05) is 0 Å². The summed E-state index contributed by atoms with van der Waals surface area (Å²) in [7, 11) is 1.27. The van der Waals surface area contributed by atoms with Gasteiger partial charge < -0.3 is 15.8 Å². The summed E-state index contributed by atoms with van der Waals surface area (Å²) in [6, 6.07) is 0. The number of hydrogen-bond acceptors (Lipinski definition) is 7. The van der Waals surface area contributed by atoms with Gasteiger partial charge in [0, 0.05) is 0 Å². The van der Waals surface area contributed by atoms with E-state index in [-0.39, 0.29) is 21.9 Å². The Bertz CT molecular complexity index is 1060. The largest absolute Gasteiger partial charge is 0.465 e. The molecule has 4 bridgehead atoms. The van der Waals surface area contributed by atoms with Crippen LogP contribution in [0.5, 0.6) is 0 Å². The highest BCUT2D eigenvalue weighted by atomic mass is 32.1. The van der Waals surface area contributed by atoms with E-state index in [9.17, 15) is 14.4 Å². The van der Waals surface area contributed by atoms with E-state index in [1.807, 2.05) is 4.68 Å². The molecule has 0 aliphatic heterocycles. The van der Waals surface area contributed by atoms with Crippen LogP contribution < -0.4 is 11.1 Å². The lowest BCUT2D eigenvalue weighted by atomic mass is 9.46. The Morgan fingerprint density at radius 3 is 2.55 bits per heavy atom. The van der Waals surface area contributed by atoms with Crippen molar-refractivity contribution in [3.8, 4) is 0 Å². The summed E-state index contributed by atoms with van der Waals surface area (Å²) in [6.45, 7) is 1.64. The minimum absolute atomic E-state index is 0.103. The maximum absolute atomic E-state index is 13.7. The fraction of sp³-hybridized carbons (Fsp3) is 0.571. The maximum Gasteiger partial charge on any atom is 0.341 e. The highest BCUT2D eigenvalue weighted by molar-refractivity contribution is 7.18. The van der Waals surface area contributed by atoms with Crippen LogP contribution in [0, 0.1) is 24.2 Å². The van der Waals surface area contributed by atoms with Gasteiger partial charge in [-0.05, 0) is 62.8 Å². The first-order valence-electron chi connectivity index (χ1n) is 10.4. The Labute approximate surface area is 183 Å².